The maximum absolute atomic E-state index is 5.98. The zero-order valence-corrected chi connectivity index (χ0v) is 14.7. The molecule has 2 aromatic carbocycles. The van der Waals surface area contributed by atoms with Crippen LogP contribution in [0.2, 0.25) is 0 Å². The third-order valence-corrected chi connectivity index (χ3v) is 3.64. The van der Waals surface area contributed by atoms with Gasteiger partial charge in [-0.2, -0.15) is 0 Å². The first-order valence-electron chi connectivity index (χ1n) is 7.88. The quantitative estimate of drug-likeness (QED) is 0.631. The fourth-order valence-electron chi connectivity index (χ4n) is 2.61. The highest BCUT2D eigenvalue weighted by Crippen LogP contribution is 2.24. The Hall–Kier alpha value is -2.69. The van der Waals surface area contributed by atoms with Crippen molar-refractivity contribution in [3.63, 3.8) is 0 Å². The molecule has 0 amide bonds. The van der Waals surface area contributed by atoms with E-state index in [2.05, 4.69) is 30.2 Å². The number of nitrogens with two attached hydrogens (primary N) is 1. The number of rotatable bonds is 6. The molecular formula is C19H25N3O2. The second-order valence-electron chi connectivity index (χ2n) is 5.70. The molecule has 0 aliphatic heterocycles. The highest BCUT2D eigenvalue weighted by Gasteiger charge is 2.05. The second-order valence-corrected chi connectivity index (χ2v) is 5.70. The molecule has 0 bridgehead atoms. The van der Waals surface area contributed by atoms with Crippen LogP contribution in [-0.4, -0.2) is 26.7 Å². The minimum absolute atomic E-state index is 0.405. The lowest BCUT2D eigenvalue weighted by Crippen LogP contribution is -2.23. The average molecular weight is 327 g/mol. The molecule has 0 heterocycles. The molecule has 0 aliphatic rings. The predicted octanol–water partition coefficient (Wildman–Crippen LogP) is 3.29. The van der Waals surface area contributed by atoms with Crippen molar-refractivity contribution in [3.05, 3.63) is 53.1 Å². The highest BCUT2D eigenvalue weighted by atomic mass is 16.5. The average Bonchev–Trinajstić information content (AvgIpc) is 2.53. The van der Waals surface area contributed by atoms with E-state index in [9.17, 15) is 0 Å². The van der Waals surface area contributed by atoms with Gasteiger partial charge in [-0.05, 0) is 67.3 Å². The van der Waals surface area contributed by atoms with Crippen LogP contribution >= 0.6 is 0 Å². The van der Waals surface area contributed by atoms with Gasteiger partial charge in [0, 0.05) is 12.2 Å². The Morgan fingerprint density at radius 3 is 2.38 bits per heavy atom. The van der Waals surface area contributed by atoms with E-state index in [0.717, 1.165) is 29.2 Å². The van der Waals surface area contributed by atoms with Crippen molar-refractivity contribution in [3.8, 4) is 11.5 Å². The first-order chi connectivity index (χ1) is 11.5. The van der Waals surface area contributed by atoms with Gasteiger partial charge < -0.3 is 20.5 Å². The summed E-state index contributed by atoms with van der Waals surface area (Å²) in [6.07, 6.45) is 0.718. The van der Waals surface area contributed by atoms with E-state index < -0.39 is 0 Å². The molecule has 0 fully saturated rings. The predicted molar refractivity (Wildman–Crippen MR) is 99.3 cm³/mol. The van der Waals surface area contributed by atoms with Crippen LogP contribution in [0.25, 0.3) is 0 Å². The minimum atomic E-state index is 0.405. The summed E-state index contributed by atoms with van der Waals surface area (Å²) in [5.41, 5.74) is 10.3. The minimum Gasteiger partial charge on any atom is -0.497 e. The van der Waals surface area contributed by atoms with Gasteiger partial charge in [-0.15, -0.1) is 0 Å². The first-order valence-corrected chi connectivity index (χ1v) is 7.88. The second kappa shape index (κ2) is 8.24. The van der Waals surface area contributed by atoms with E-state index >= 15 is 0 Å². The summed E-state index contributed by atoms with van der Waals surface area (Å²) in [4.78, 5) is 4.39. The molecule has 0 saturated carbocycles. The van der Waals surface area contributed by atoms with E-state index in [0.29, 0.717) is 12.5 Å². The van der Waals surface area contributed by atoms with Crippen LogP contribution in [-0.2, 0) is 6.42 Å². The van der Waals surface area contributed by atoms with Crippen LogP contribution in [0.5, 0.6) is 11.5 Å². The number of nitrogens with zero attached hydrogens (tertiary/aromatic N) is 1. The fourth-order valence-corrected chi connectivity index (χ4v) is 2.61. The summed E-state index contributed by atoms with van der Waals surface area (Å²) in [7, 11) is 3.31. The van der Waals surface area contributed by atoms with Crippen LogP contribution < -0.4 is 20.5 Å². The van der Waals surface area contributed by atoms with Crippen molar-refractivity contribution in [2.24, 2.45) is 10.7 Å². The van der Waals surface area contributed by atoms with E-state index in [-0.39, 0.29) is 0 Å². The van der Waals surface area contributed by atoms with Gasteiger partial charge >= 0.3 is 0 Å². The molecular weight excluding hydrogens is 302 g/mol. The number of hydrogen-bond acceptors (Lipinski definition) is 3. The van der Waals surface area contributed by atoms with Crippen LogP contribution in [0.1, 0.15) is 16.7 Å². The summed E-state index contributed by atoms with van der Waals surface area (Å²) < 4.78 is 10.6. The molecule has 3 N–H and O–H groups in total. The molecule has 0 saturated heterocycles. The molecule has 2 rings (SSSR count). The van der Waals surface area contributed by atoms with Crippen LogP contribution in [0.4, 0.5) is 5.69 Å². The topological polar surface area (TPSA) is 68.9 Å². The lowest BCUT2D eigenvalue weighted by Gasteiger charge is -2.10. The zero-order chi connectivity index (χ0) is 17.5. The highest BCUT2D eigenvalue weighted by molar-refractivity contribution is 5.92. The van der Waals surface area contributed by atoms with Crippen LogP contribution in [0.15, 0.2) is 41.4 Å². The van der Waals surface area contributed by atoms with Crippen LogP contribution in [0.3, 0.4) is 0 Å². The fraction of sp³-hybridized carbons (Fsp3) is 0.316. The largest absolute Gasteiger partial charge is 0.497 e. The first kappa shape index (κ1) is 17.7. The number of benzene rings is 2. The number of guanidine groups is 1. The number of aliphatic imine (C=N–C) groups is 1. The number of anilines is 1. The van der Waals surface area contributed by atoms with Crippen molar-refractivity contribution < 1.29 is 9.47 Å². The van der Waals surface area contributed by atoms with Crippen molar-refractivity contribution in [2.45, 2.75) is 20.3 Å². The maximum Gasteiger partial charge on any atom is 0.193 e. The van der Waals surface area contributed by atoms with Gasteiger partial charge in [0.05, 0.1) is 14.2 Å². The monoisotopic (exact) mass is 327 g/mol. The third-order valence-electron chi connectivity index (χ3n) is 3.64. The Bertz CT molecular complexity index is 706. The lowest BCUT2D eigenvalue weighted by atomic mass is 10.1. The van der Waals surface area contributed by atoms with Gasteiger partial charge in [0.1, 0.15) is 11.5 Å². The smallest absolute Gasteiger partial charge is 0.193 e. The standard InChI is InChI=1S/C19H25N3O2/c1-13-9-14(2)11-16(10-13)22-19(20)21-8-7-15-12-17(23-3)5-6-18(15)24-4/h5-6,9-12H,7-8H2,1-4H3,(H3,20,21,22). The molecule has 24 heavy (non-hydrogen) atoms. The van der Waals surface area contributed by atoms with Gasteiger partial charge in [-0.1, -0.05) is 6.07 Å². The Labute approximate surface area is 143 Å². The number of ether oxygens (including phenoxy) is 2. The molecule has 5 heteroatoms. The summed E-state index contributed by atoms with van der Waals surface area (Å²) >= 11 is 0. The number of aryl methyl sites for hydroxylation is 2. The molecule has 0 atom stereocenters. The van der Waals surface area contributed by atoms with E-state index in [1.54, 1.807) is 14.2 Å². The summed E-state index contributed by atoms with van der Waals surface area (Å²) in [6, 6.07) is 11.9. The zero-order valence-electron chi connectivity index (χ0n) is 14.7. The Morgan fingerprint density at radius 2 is 1.75 bits per heavy atom. The Morgan fingerprint density at radius 1 is 1.04 bits per heavy atom. The Kier molecular flexibility index (Phi) is 6.07. The number of nitrogens with one attached hydrogen (secondary N) is 1. The van der Waals surface area contributed by atoms with E-state index in [4.69, 9.17) is 15.2 Å². The van der Waals surface area contributed by atoms with E-state index in [1.807, 2.05) is 30.3 Å². The number of hydrogen-bond donors (Lipinski definition) is 2. The molecule has 0 spiro atoms. The van der Waals surface area contributed by atoms with Crippen molar-refractivity contribution in [1.82, 2.24) is 0 Å². The third kappa shape index (κ3) is 4.91. The molecule has 2 aromatic rings. The Balaban J connectivity index is 2.00. The molecule has 0 unspecified atom stereocenters. The van der Waals surface area contributed by atoms with Gasteiger partial charge in [0.25, 0.3) is 0 Å². The van der Waals surface area contributed by atoms with Gasteiger partial charge in [0.2, 0.25) is 0 Å². The van der Waals surface area contributed by atoms with Gasteiger partial charge in [-0.3, -0.25) is 4.99 Å². The normalized spacial score (nSPS) is 11.2. The molecule has 5 nitrogen and oxygen atoms in total. The van der Waals surface area contributed by atoms with E-state index in [1.165, 1.54) is 11.1 Å². The molecule has 0 radical (unpaired) electrons. The summed E-state index contributed by atoms with van der Waals surface area (Å²) in [5, 5.41) is 3.13. The lowest BCUT2D eigenvalue weighted by molar-refractivity contribution is 0.399. The van der Waals surface area contributed by atoms with Gasteiger partial charge in [-0.25, -0.2) is 0 Å². The van der Waals surface area contributed by atoms with Crippen molar-refractivity contribution in [1.29, 1.82) is 0 Å². The summed E-state index contributed by atoms with van der Waals surface area (Å²) in [5.74, 6) is 2.03. The SMILES string of the molecule is COc1ccc(OC)c(CCN=C(N)Nc2cc(C)cc(C)c2)c1. The van der Waals surface area contributed by atoms with Crippen molar-refractivity contribution in [2.75, 3.05) is 26.1 Å². The summed E-state index contributed by atoms with van der Waals surface area (Å²) in [6.45, 7) is 4.67. The molecule has 0 aliphatic carbocycles. The van der Waals surface area contributed by atoms with Crippen LogP contribution in [0, 0.1) is 13.8 Å². The number of methoxy groups -OCH3 is 2. The van der Waals surface area contributed by atoms with Gasteiger partial charge in [0.15, 0.2) is 5.96 Å². The maximum atomic E-state index is 5.98. The molecule has 0 aromatic heterocycles. The molecule has 128 valence electrons. The van der Waals surface area contributed by atoms with Crippen molar-refractivity contribution >= 4 is 11.6 Å².